The first-order chi connectivity index (χ1) is 11.6. The van der Waals surface area contributed by atoms with Gasteiger partial charge in [-0.1, -0.05) is 17.4 Å². The molecule has 0 spiro atoms. The Kier molecular flexibility index (Phi) is 3.72. The average Bonchev–Trinajstić information content (AvgIpc) is 3.20. The Hall–Kier alpha value is -2.41. The largest absolute Gasteiger partial charge is 0.345 e. The summed E-state index contributed by atoms with van der Waals surface area (Å²) in [6, 6.07) is 6.35. The lowest BCUT2D eigenvalue weighted by Crippen LogP contribution is -2.49. The van der Waals surface area contributed by atoms with Gasteiger partial charge in [-0.2, -0.15) is 0 Å². The van der Waals surface area contributed by atoms with Gasteiger partial charge in [-0.3, -0.25) is 4.79 Å². The molecule has 6 nitrogen and oxygen atoms in total. The monoisotopic (exact) mass is 341 g/mol. The van der Waals surface area contributed by atoms with Gasteiger partial charge in [-0.05, 0) is 24.6 Å². The number of amides is 1. The molecule has 1 aliphatic rings. The van der Waals surface area contributed by atoms with Crippen LogP contribution in [0, 0.1) is 6.92 Å². The SMILES string of the molecule is Cc1ccc2nc(N3CCN(C(=O)c4cncn4C)CC3)sc2c1. The first kappa shape index (κ1) is 15.1. The highest BCUT2D eigenvalue weighted by Crippen LogP contribution is 2.30. The van der Waals surface area contributed by atoms with E-state index in [1.54, 1.807) is 28.4 Å². The molecule has 1 aliphatic heterocycles. The standard InChI is InChI=1S/C17H19N5OS/c1-12-3-4-13-15(9-12)24-17(19-13)22-7-5-21(6-8-22)16(23)14-10-18-11-20(14)2/h3-4,9-11H,5-8H2,1-2H3. The molecular formula is C17H19N5OS. The Morgan fingerprint density at radius 3 is 2.71 bits per heavy atom. The summed E-state index contributed by atoms with van der Waals surface area (Å²) in [4.78, 5) is 25.5. The summed E-state index contributed by atoms with van der Waals surface area (Å²) in [7, 11) is 1.85. The molecule has 0 aliphatic carbocycles. The number of aromatic nitrogens is 3. The van der Waals surface area contributed by atoms with Crippen molar-refractivity contribution in [3.63, 3.8) is 0 Å². The molecule has 0 saturated carbocycles. The van der Waals surface area contributed by atoms with Gasteiger partial charge in [0.2, 0.25) is 0 Å². The number of thiazole rings is 1. The number of nitrogens with zero attached hydrogens (tertiary/aromatic N) is 5. The highest BCUT2D eigenvalue weighted by molar-refractivity contribution is 7.22. The number of piperazine rings is 1. The first-order valence-corrected chi connectivity index (χ1v) is 8.81. The van der Waals surface area contributed by atoms with Gasteiger partial charge in [0.15, 0.2) is 5.13 Å². The third kappa shape index (κ3) is 2.65. The van der Waals surface area contributed by atoms with Gasteiger partial charge in [0, 0.05) is 33.2 Å². The Morgan fingerprint density at radius 2 is 2.00 bits per heavy atom. The van der Waals surface area contributed by atoms with Gasteiger partial charge in [0.05, 0.1) is 22.7 Å². The number of hydrogen-bond donors (Lipinski definition) is 0. The van der Waals surface area contributed by atoms with E-state index in [4.69, 9.17) is 4.98 Å². The molecule has 0 N–H and O–H groups in total. The van der Waals surface area contributed by atoms with Gasteiger partial charge in [0.25, 0.3) is 5.91 Å². The van der Waals surface area contributed by atoms with E-state index in [0.29, 0.717) is 18.8 Å². The Morgan fingerprint density at radius 1 is 1.21 bits per heavy atom. The molecule has 4 rings (SSSR count). The van der Waals surface area contributed by atoms with Gasteiger partial charge in [0.1, 0.15) is 5.69 Å². The topological polar surface area (TPSA) is 54.3 Å². The third-order valence-electron chi connectivity index (χ3n) is 4.41. The molecule has 3 aromatic rings. The van der Waals surface area contributed by atoms with Crippen molar-refractivity contribution in [2.75, 3.05) is 31.1 Å². The van der Waals surface area contributed by atoms with Gasteiger partial charge in [-0.25, -0.2) is 9.97 Å². The molecule has 3 heterocycles. The van der Waals surface area contributed by atoms with Crippen molar-refractivity contribution in [3.8, 4) is 0 Å². The fraction of sp³-hybridized carbons (Fsp3) is 0.353. The summed E-state index contributed by atoms with van der Waals surface area (Å²) in [6.07, 6.45) is 3.29. The lowest BCUT2D eigenvalue weighted by Gasteiger charge is -2.34. The number of carbonyl (C=O) groups excluding carboxylic acids is 1. The highest BCUT2D eigenvalue weighted by Gasteiger charge is 2.25. The lowest BCUT2D eigenvalue weighted by atomic mass is 10.2. The molecule has 0 bridgehead atoms. The zero-order valence-corrected chi connectivity index (χ0v) is 14.6. The van der Waals surface area contributed by atoms with Crippen LogP contribution in [0.3, 0.4) is 0 Å². The van der Waals surface area contributed by atoms with Crippen molar-refractivity contribution in [1.82, 2.24) is 19.4 Å². The van der Waals surface area contributed by atoms with E-state index in [2.05, 4.69) is 35.0 Å². The number of anilines is 1. The van der Waals surface area contributed by atoms with E-state index in [1.807, 2.05) is 11.9 Å². The Bertz CT molecular complexity index is 891. The summed E-state index contributed by atoms with van der Waals surface area (Å²) >= 11 is 1.73. The average molecular weight is 341 g/mol. The van der Waals surface area contributed by atoms with E-state index in [0.717, 1.165) is 23.7 Å². The maximum absolute atomic E-state index is 12.5. The van der Waals surface area contributed by atoms with Crippen molar-refractivity contribution in [1.29, 1.82) is 0 Å². The second-order valence-electron chi connectivity index (χ2n) is 6.14. The molecule has 2 aromatic heterocycles. The minimum absolute atomic E-state index is 0.0505. The summed E-state index contributed by atoms with van der Waals surface area (Å²) in [5.74, 6) is 0.0505. The zero-order chi connectivity index (χ0) is 16.7. The molecule has 124 valence electrons. The van der Waals surface area contributed by atoms with Crippen molar-refractivity contribution in [2.45, 2.75) is 6.92 Å². The normalized spacial score (nSPS) is 15.2. The van der Waals surface area contributed by atoms with Gasteiger partial charge < -0.3 is 14.4 Å². The number of aryl methyl sites for hydroxylation is 2. The Balaban J connectivity index is 1.47. The molecule has 7 heteroatoms. The van der Waals surface area contributed by atoms with E-state index < -0.39 is 0 Å². The minimum Gasteiger partial charge on any atom is -0.345 e. The van der Waals surface area contributed by atoms with E-state index in [9.17, 15) is 4.79 Å². The van der Waals surface area contributed by atoms with Crippen molar-refractivity contribution < 1.29 is 4.79 Å². The summed E-state index contributed by atoms with van der Waals surface area (Å²) in [6.45, 7) is 5.13. The van der Waals surface area contributed by atoms with E-state index >= 15 is 0 Å². The van der Waals surface area contributed by atoms with E-state index in [-0.39, 0.29) is 5.91 Å². The summed E-state index contributed by atoms with van der Waals surface area (Å²) in [5.41, 5.74) is 2.94. The highest BCUT2D eigenvalue weighted by atomic mass is 32.1. The molecular weight excluding hydrogens is 322 g/mol. The first-order valence-electron chi connectivity index (χ1n) is 7.99. The smallest absolute Gasteiger partial charge is 0.272 e. The summed E-state index contributed by atoms with van der Waals surface area (Å²) < 4.78 is 2.99. The number of hydrogen-bond acceptors (Lipinski definition) is 5. The second kappa shape index (κ2) is 5.90. The molecule has 0 atom stereocenters. The van der Waals surface area contributed by atoms with Crippen LogP contribution < -0.4 is 4.90 Å². The number of carbonyl (C=O) groups is 1. The fourth-order valence-electron chi connectivity index (χ4n) is 2.98. The number of fused-ring (bicyclic) bond motifs is 1. The van der Waals surface area contributed by atoms with Crippen LogP contribution in [0.5, 0.6) is 0 Å². The maximum Gasteiger partial charge on any atom is 0.272 e. The predicted octanol–water partition coefficient (Wildman–Crippen LogP) is 2.30. The van der Waals surface area contributed by atoms with Gasteiger partial charge >= 0.3 is 0 Å². The van der Waals surface area contributed by atoms with Crippen molar-refractivity contribution >= 4 is 32.6 Å². The van der Waals surface area contributed by atoms with Crippen LogP contribution in [-0.2, 0) is 7.05 Å². The van der Waals surface area contributed by atoms with Crippen LogP contribution in [0.2, 0.25) is 0 Å². The predicted molar refractivity (Wildman–Crippen MR) is 95.7 cm³/mol. The second-order valence-corrected chi connectivity index (χ2v) is 7.15. The molecule has 0 unspecified atom stereocenters. The number of imidazole rings is 1. The summed E-state index contributed by atoms with van der Waals surface area (Å²) in [5, 5.41) is 1.04. The zero-order valence-electron chi connectivity index (χ0n) is 13.8. The minimum atomic E-state index is 0.0505. The molecule has 0 radical (unpaired) electrons. The van der Waals surface area contributed by atoms with Crippen LogP contribution >= 0.6 is 11.3 Å². The molecule has 24 heavy (non-hydrogen) atoms. The fourth-order valence-corrected chi connectivity index (χ4v) is 4.10. The molecule has 1 amide bonds. The van der Waals surface area contributed by atoms with Crippen molar-refractivity contribution in [2.24, 2.45) is 7.05 Å². The van der Waals surface area contributed by atoms with Crippen LogP contribution in [0.4, 0.5) is 5.13 Å². The number of benzene rings is 1. The van der Waals surface area contributed by atoms with Gasteiger partial charge in [-0.15, -0.1) is 0 Å². The Labute approximate surface area is 144 Å². The van der Waals surface area contributed by atoms with Crippen LogP contribution in [0.15, 0.2) is 30.7 Å². The van der Waals surface area contributed by atoms with Crippen LogP contribution in [0.25, 0.3) is 10.2 Å². The quantitative estimate of drug-likeness (QED) is 0.718. The molecule has 1 aromatic carbocycles. The van der Waals surface area contributed by atoms with Crippen LogP contribution in [0.1, 0.15) is 16.1 Å². The number of rotatable bonds is 2. The molecule has 1 saturated heterocycles. The maximum atomic E-state index is 12.5. The van der Waals surface area contributed by atoms with Crippen LogP contribution in [-0.4, -0.2) is 51.5 Å². The van der Waals surface area contributed by atoms with E-state index in [1.165, 1.54) is 10.3 Å². The van der Waals surface area contributed by atoms with Crippen molar-refractivity contribution in [3.05, 3.63) is 42.0 Å². The third-order valence-corrected chi connectivity index (χ3v) is 5.48. The lowest BCUT2D eigenvalue weighted by molar-refractivity contribution is 0.0737. The molecule has 1 fully saturated rings.